The van der Waals surface area contributed by atoms with Gasteiger partial charge in [-0.2, -0.15) is 0 Å². The number of hydrogen-bond donors (Lipinski definition) is 3. The van der Waals surface area contributed by atoms with Gasteiger partial charge in [0.1, 0.15) is 0 Å². The van der Waals surface area contributed by atoms with Crippen molar-refractivity contribution in [1.82, 2.24) is 4.90 Å². The molecule has 0 bridgehead atoms. The number of β-amino-alcohol motifs (C(OH)–C–C–N with tert-alkyl or cyclic N) is 1. The zero-order valence-corrected chi connectivity index (χ0v) is 10.1. The van der Waals surface area contributed by atoms with Gasteiger partial charge >= 0.3 is 0 Å². The summed E-state index contributed by atoms with van der Waals surface area (Å²) in [5.41, 5.74) is 0.969. The molecule has 1 aliphatic rings. The van der Waals surface area contributed by atoms with E-state index in [1.165, 1.54) is 0 Å². The van der Waals surface area contributed by atoms with Gasteiger partial charge in [-0.3, -0.25) is 0 Å². The highest BCUT2D eigenvalue weighted by molar-refractivity contribution is 5.13. The molecule has 5 heteroatoms. The molecule has 3 N–H and O–H groups in total. The molecule has 18 heavy (non-hydrogen) atoms. The van der Waals surface area contributed by atoms with Crippen LogP contribution in [-0.2, 0) is 11.3 Å². The summed E-state index contributed by atoms with van der Waals surface area (Å²) in [7, 11) is 0. The number of ether oxygens (including phenoxy) is 1. The van der Waals surface area contributed by atoms with E-state index in [9.17, 15) is 10.2 Å². The minimum atomic E-state index is -1.10. The topological polar surface area (TPSA) is 73.2 Å². The lowest BCUT2D eigenvalue weighted by atomic mass is 10.2. The molecular formula is C13H19NO4. The number of hydrogen-bond acceptors (Lipinski definition) is 5. The van der Waals surface area contributed by atoms with Crippen LogP contribution in [0.15, 0.2) is 30.3 Å². The highest BCUT2D eigenvalue weighted by Gasteiger charge is 2.34. The highest BCUT2D eigenvalue weighted by atomic mass is 16.6. The third-order valence-corrected chi connectivity index (χ3v) is 3.17. The van der Waals surface area contributed by atoms with Crippen LogP contribution in [-0.4, -0.2) is 51.9 Å². The maximum atomic E-state index is 9.91. The second-order valence-corrected chi connectivity index (χ2v) is 4.55. The summed E-state index contributed by atoms with van der Waals surface area (Å²) in [5.74, 6) is 0. The molecule has 1 aliphatic heterocycles. The molecule has 1 aromatic carbocycles. The zero-order chi connectivity index (χ0) is 13.0. The van der Waals surface area contributed by atoms with E-state index in [1.54, 1.807) is 4.90 Å². The molecular weight excluding hydrogens is 234 g/mol. The van der Waals surface area contributed by atoms with Crippen molar-refractivity contribution in [3.05, 3.63) is 35.9 Å². The maximum absolute atomic E-state index is 9.91. The Morgan fingerprint density at radius 3 is 2.72 bits per heavy atom. The van der Waals surface area contributed by atoms with Crippen LogP contribution >= 0.6 is 0 Å². The molecule has 0 spiro atoms. The summed E-state index contributed by atoms with van der Waals surface area (Å²) in [5, 5.41) is 28.6. The number of aliphatic hydroxyl groups excluding tert-OH is 3. The Kier molecular flexibility index (Phi) is 4.68. The van der Waals surface area contributed by atoms with Gasteiger partial charge in [0.15, 0.2) is 0 Å². The van der Waals surface area contributed by atoms with Crippen molar-refractivity contribution in [2.24, 2.45) is 0 Å². The number of nitrogens with zero attached hydrogens (tertiary/aromatic N) is 1. The fourth-order valence-electron chi connectivity index (χ4n) is 2.21. The summed E-state index contributed by atoms with van der Waals surface area (Å²) in [6.45, 7) is 0.525. The molecule has 0 aliphatic carbocycles. The Labute approximate surface area is 106 Å². The van der Waals surface area contributed by atoms with Crippen LogP contribution < -0.4 is 0 Å². The Morgan fingerprint density at radius 1 is 1.33 bits per heavy atom. The van der Waals surface area contributed by atoms with Crippen LogP contribution in [0.1, 0.15) is 12.0 Å². The summed E-state index contributed by atoms with van der Waals surface area (Å²) in [4.78, 5) is 1.58. The van der Waals surface area contributed by atoms with E-state index in [0.717, 1.165) is 5.56 Å². The van der Waals surface area contributed by atoms with Crippen LogP contribution in [0.2, 0.25) is 0 Å². The SMILES string of the molecule is OCC1CC(O)CN1C(O)OCc1ccccc1. The standard InChI is InChI=1S/C13H19NO4/c15-8-11-6-12(16)7-14(11)13(17)18-9-10-4-2-1-3-5-10/h1-5,11-13,15-17H,6-9H2. The van der Waals surface area contributed by atoms with Gasteiger partial charge in [0, 0.05) is 12.6 Å². The first kappa shape index (κ1) is 13.5. The molecule has 100 valence electrons. The van der Waals surface area contributed by atoms with E-state index in [0.29, 0.717) is 19.6 Å². The van der Waals surface area contributed by atoms with Crippen molar-refractivity contribution in [3.8, 4) is 0 Å². The largest absolute Gasteiger partial charge is 0.395 e. The average molecular weight is 253 g/mol. The van der Waals surface area contributed by atoms with Crippen LogP contribution in [0, 0.1) is 0 Å². The van der Waals surface area contributed by atoms with Crippen LogP contribution in [0.4, 0.5) is 0 Å². The summed E-state index contributed by atoms with van der Waals surface area (Å²) >= 11 is 0. The van der Waals surface area contributed by atoms with Crippen LogP contribution in [0.25, 0.3) is 0 Å². The lowest BCUT2D eigenvalue weighted by molar-refractivity contribution is -0.207. The Bertz CT molecular complexity index is 359. The van der Waals surface area contributed by atoms with Gasteiger partial charge in [0.05, 0.1) is 19.3 Å². The van der Waals surface area contributed by atoms with E-state index in [-0.39, 0.29) is 12.6 Å². The van der Waals surface area contributed by atoms with Crippen molar-refractivity contribution in [2.75, 3.05) is 13.2 Å². The van der Waals surface area contributed by atoms with Crippen molar-refractivity contribution < 1.29 is 20.1 Å². The van der Waals surface area contributed by atoms with Gasteiger partial charge in [-0.15, -0.1) is 0 Å². The molecule has 0 saturated carbocycles. The smallest absolute Gasteiger partial charge is 0.216 e. The third kappa shape index (κ3) is 3.28. The summed E-state index contributed by atoms with van der Waals surface area (Å²) < 4.78 is 5.35. The average Bonchev–Trinajstić information content (AvgIpc) is 2.78. The second kappa shape index (κ2) is 6.26. The minimum absolute atomic E-state index is 0.0944. The molecule has 3 atom stereocenters. The number of benzene rings is 1. The zero-order valence-electron chi connectivity index (χ0n) is 10.1. The molecule has 1 saturated heterocycles. The first-order chi connectivity index (χ1) is 8.70. The molecule has 1 aromatic rings. The molecule has 5 nitrogen and oxygen atoms in total. The quantitative estimate of drug-likeness (QED) is 0.639. The van der Waals surface area contributed by atoms with E-state index >= 15 is 0 Å². The molecule has 3 unspecified atom stereocenters. The van der Waals surface area contributed by atoms with Gasteiger partial charge in [-0.1, -0.05) is 30.3 Å². The Balaban J connectivity index is 1.86. The van der Waals surface area contributed by atoms with Crippen molar-refractivity contribution in [2.45, 2.75) is 31.6 Å². The lowest BCUT2D eigenvalue weighted by Gasteiger charge is -2.27. The van der Waals surface area contributed by atoms with Gasteiger partial charge in [0.2, 0.25) is 6.41 Å². The first-order valence-corrected chi connectivity index (χ1v) is 6.09. The molecule has 0 radical (unpaired) electrons. The molecule has 0 aromatic heterocycles. The lowest BCUT2D eigenvalue weighted by Crippen LogP contribution is -2.42. The highest BCUT2D eigenvalue weighted by Crippen LogP contribution is 2.20. The fourth-order valence-corrected chi connectivity index (χ4v) is 2.21. The van der Waals surface area contributed by atoms with Crippen LogP contribution in [0.5, 0.6) is 0 Å². The van der Waals surface area contributed by atoms with Crippen molar-refractivity contribution in [1.29, 1.82) is 0 Å². The molecule has 0 amide bonds. The monoisotopic (exact) mass is 253 g/mol. The van der Waals surface area contributed by atoms with E-state index in [2.05, 4.69) is 0 Å². The predicted octanol–water partition coefficient (Wildman–Crippen LogP) is -0.0934. The summed E-state index contributed by atoms with van der Waals surface area (Å²) in [6, 6.07) is 9.30. The number of likely N-dealkylation sites (tertiary alicyclic amines) is 1. The van der Waals surface area contributed by atoms with E-state index in [4.69, 9.17) is 9.84 Å². The van der Waals surface area contributed by atoms with Gasteiger partial charge < -0.3 is 20.1 Å². The first-order valence-electron chi connectivity index (χ1n) is 6.09. The second-order valence-electron chi connectivity index (χ2n) is 4.55. The number of rotatable bonds is 5. The minimum Gasteiger partial charge on any atom is -0.395 e. The molecule has 2 rings (SSSR count). The number of aliphatic hydroxyl groups is 3. The van der Waals surface area contributed by atoms with Gasteiger partial charge in [-0.05, 0) is 12.0 Å². The molecule has 1 heterocycles. The third-order valence-electron chi connectivity index (χ3n) is 3.17. The van der Waals surface area contributed by atoms with Gasteiger partial charge in [0.25, 0.3) is 0 Å². The van der Waals surface area contributed by atoms with Gasteiger partial charge in [-0.25, -0.2) is 4.90 Å². The summed E-state index contributed by atoms with van der Waals surface area (Å²) in [6.07, 6.45) is -1.15. The normalized spacial score (nSPS) is 26.4. The van der Waals surface area contributed by atoms with E-state index in [1.807, 2.05) is 30.3 Å². The van der Waals surface area contributed by atoms with Crippen molar-refractivity contribution in [3.63, 3.8) is 0 Å². The van der Waals surface area contributed by atoms with E-state index < -0.39 is 12.5 Å². The Morgan fingerprint density at radius 2 is 2.06 bits per heavy atom. The molecule has 1 fully saturated rings. The fraction of sp³-hybridized carbons (Fsp3) is 0.538. The Hall–Kier alpha value is -0.980. The maximum Gasteiger partial charge on any atom is 0.216 e. The van der Waals surface area contributed by atoms with Crippen molar-refractivity contribution >= 4 is 0 Å². The van der Waals surface area contributed by atoms with Crippen LogP contribution in [0.3, 0.4) is 0 Å². The predicted molar refractivity (Wildman–Crippen MR) is 65.4 cm³/mol.